The van der Waals surface area contributed by atoms with Gasteiger partial charge in [-0.15, -0.1) is 0 Å². The van der Waals surface area contributed by atoms with Crippen LogP contribution in [0.15, 0.2) is 30.3 Å². The lowest BCUT2D eigenvalue weighted by Crippen LogP contribution is -2.46. The third kappa shape index (κ3) is 9.25. The second-order valence-electron chi connectivity index (χ2n) is 7.85. The Labute approximate surface area is 150 Å². The number of ketones is 1. The summed E-state index contributed by atoms with van der Waals surface area (Å²) in [5, 5.41) is 13.2. The number of hydrogen-bond donors (Lipinski definition) is 2. The fraction of sp³-hybridized carbons (Fsp3) is 0.600. The quantitative estimate of drug-likeness (QED) is 0.753. The van der Waals surface area contributed by atoms with E-state index in [0.29, 0.717) is 6.42 Å². The molecule has 0 saturated heterocycles. The molecule has 1 aromatic rings. The molecular weight excluding hydrogens is 318 g/mol. The maximum atomic E-state index is 12.2. The highest BCUT2D eigenvalue weighted by Crippen LogP contribution is 2.14. The van der Waals surface area contributed by atoms with Crippen molar-refractivity contribution in [2.24, 2.45) is 5.92 Å². The van der Waals surface area contributed by atoms with Gasteiger partial charge in [0, 0.05) is 12.8 Å². The van der Waals surface area contributed by atoms with E-state index in [1.54, 1.807) is 20.8 Å². The van der Waals surface area contributed by atoms with Crippen molar-refractivity contribution in [1.82, 2.24) is 5.32 Å². The minimum absolute atomic E-state index is 0.00206. The van der Waals surface area contributed by atoms with Crippen molar-refractivity contribution in [2.45, 2.75) is 71.6 Å². The van der Waals surface area contributed by atoms with Crippen molar-refractivity contribution in [1.29, 1.82) is 0 Å². The summed E-state index contributed by atoms with van der Waals surface area (Å²) in [5.41, 5.74) is 0.306. The average molecular weight is 349 g/mol. The molecule has 1 aromatic carbocycles. The van der Waals surface area contributed by atoms with Crippen LogP contribution in [-0.2, 0) is 16.0 Å². The topological polar surface area (TPSA) is 75.6 Å². The number of nitrogens with one attached hydrogen (secondary N) is 1. The molecule has 140 valence electrons. The molecule has 1 rings (SSSR count). The highest BCUT2D eigenvalue weighted by atomic mass is 16.6. The van der Waals surface area contributed by atoms with Gasteiger partial charge in [-0.05, 0) is 38.7 Å². The van der Waals surface area contributed by atoms with Crippen LogP contribution in [0.1, 0.15) is 53.0 Å². The molecule has 0 saturated carbocycles. The predicted molar refractivity (Wildman–Crippen MR) is 98.4 cm³/mol. The van der Waals surface area contributed by atoms with E-state index >= 15 is 0 Å². The first-order valence-corrected chi connectivity index (χ1v) is 8.80. The average Bonchev–Trinajstić information content (AvgIpc) is 2.44. The molecule has 0 fully saturated rings. The molecule has 0 radical (unpaired) electrons. The van der Waals surface area contributed by atoms with Gasteiger partial charge < -0.3 is 15.2 Å². The second kappa shape index (κ2) is 9.56. The number of carbonyl (C=O) groups is 2. The zero-order chi connectivity index (χ0) is 19.0. The van der Waals surface area contributed by atoms with E-state index in [1.165, 1.54) is 0 Å². The summed E-state index contributed by atoms with van der Waals surface area (Å²) in [5.74, 6) is 0.206. The molecule has 5 nitrogen and oxygen atoms in total. The lowest BCUT2D eigenvalue weighted by Gasteiger charge is -2.27. The normalized spacial score (nSPS) is 14.0. The van der Waals surface area contributed by atoms with E-state index in [9.17, 15) is 14.7 Å². The Kier molecular flexibility index (Phi) is 8.10. The zero-order valence-corrected chi connectivity index (χ0v) is 15.9. The maximum absolute atomic E-state index is 12.2. The predicted octanol–water partition coefficient (Wildman–Crippen LogP) is 3.49. The SMILES string of the molecule is CC(C)C[C@H](NC(=O)OC(C)(C)C)[C@@H](O)CC(=O)Cc1ccccc1. The zero-order valence-electron chi connectivity index (χ0n) is 15.9. The maximum Gasteiger partial charge on any atom is 0.407 e. The second-order valence-corrected chi connectivity index (χ2v) is 7.85. The lowest BCUT2D eigenvalue weighted by atomic mass is 9.94. The highest BCUT2D eigenvalue weighted by molar-refractivity contribution is 5.81. The number of aliphatic hydroxyl groups excluding tert-OH is 1. The minimum atomic E-state index is -0.939. The van der Waals surface area contributed by atoms with Crippen LogP contribution in [0.3, 0.4) is 0 Å². The summed E-state index contributed by atoms with van der Waals surface area (Å²) >= 11 is 0. The molecule has 0 aliphatic heterocycles. The number of ether oxygens (including phenoxy) is 1. The van der Waals surface area contributed by atoms with Crippen LogP contribution in [0.4, 0.5) is 4.79 Å². The Balaban J connectivity index is 2.64. The molecule has 25 heavy (non-hydrogen) atoms. The fourth-order valence-electron chi connectivity index (χ4n) is 2.55. The Morgan fingerprint density at radius 3 is 2.28 bits per heavy atom. The molecule has 0 unspecified atom stereocenters. The van der Waals surface area contributed by atoms with Crippen molar-refractivity contribution in [3.05, 3.63) is 35.9 Å². The molecule has 0 heterocycles. The largest absolute Gasteiger partial charge is 0.444 e. The first-order valence-electron chi connectivity index (χ1n) is 8.80. The Bertz CT molecular complexity index is 549. The van der Waals surface area contributed by atoms with Crippen LogP contribution < -0.4 is 5.32 Å². The Morgan fingerprint density at radius 2 is 1.76 bits per heavy atom. The highest BCUT2D eigenvalue weighted by Gasteiger charge is 2.26. The molecule has 0 aromatic heterocycles. The number of rotatable bonds is 8. The van der Waals surface area contributed by atoms with Crippen molar-refractivity contribution in [3.8, 4) is 0 Å². The number of benzene rings is 1. The summed E-state index contributed by atoms with van der Waals surface area (Å²) in [6.45, 7) is 9.35. The summed E-state index contributed by atoms with van der Waals surface area (Å²) < 4.78 is 5.25. The molecule has 0 spiro atoms. The standard InChI is InChI=1S/C20H31NO4/c1-14(2)11-17(21-19(24)25-20(3,4)5)18(23)13-16(22)12-15-9-7-6-8-10-15/h6-10,14,17-18,23H,11-13H2,1-5H3,(H,21,24)/t17-,18-/m0/s1. The number of amides is 1. The summed E-state index contributed by atoms with van der Waals surface area (Å²) in [6, 6.07) is 8.90. The number of Topliss-reactive ketones (excluding diaryl/α,β-unsaturated/α-hetero) is 1. The van der Waals surface area contributed by atoms with Gasteiger partial charge >= 0.3 is 6.09 Å². The monoisotopic (exact) mass is 349 g/mol. The van der Waals surface area contributed by atoms with E-state index in [2.05, 4.69) is 5.32 Å². The first-order chi connectivity index (χ1) is 11.6. The van der Waals surface area contributed by atoms with Crippen molar-refractivity contribution in [3.63, 3.8) is 0 Å². The molecule has 0 aliphatic rings. The van der Waals surface area contributed by atoms with E-state index < -0.39 is 23.8 Å². The van der Waals surface area contributed by atoms with E-state index in [0.717, 1.165) is 5.56 Å². The van der Waals surface area contributed by atoms with Crippen LogP contribution in [-0.4, -0.2) is 34.7 Å². The van der Waals surface area contributed by atoms with Gasteiger partial charge in [0.1, 0.15) is 11.4 Å². The summed E-state index contributed by atoms with van der Waals surface area (Å²) in [7, 11) is 0. The van der Waals surface area contributed by atoms with Crippen LogP contribution >= 0.6 is 0 Å². The van der Waals surface area contributed by atoms with Gasteiger partial charge in [-0.2, -0.15) is 0 Å². The molecule has 2 N–H and O–H groups in total. The van der Waals surface area contributed by atoms with Gasteiger partial charge in [0.2, 0.25) is 0 Å². The molecule has 1 amide bonds. The van der Waals surface area contributed by atoms with E-state index in [-0.39, 0.29) is 24.5 Å². The smallest absolute Gasteiger partial charge is 0.407 e. The van der Waals surface area contributed by atoms with E-state index in [4.69, 9.17) is 4.74 Å². The Morgan fingerprint density at radius 1 is 1.16 bits per heavy atom. The summed E-state index contributed by atoms with van der Waals surface area (Å²) in [6.07, 6.45) is -0.668. The number of hydrogen-bond acceptors (Lipinski definition) is 4. The van der Waals surface area contributed by atoms with Gasteiger partial charge in [0.15, 0.2) is 0 Å². The summed E-state index contributed by atoms with van der Waals surface area (Å²) in [4.78, 5) is 24.2. The number of carbonyl (C=O) groups excluding carboxylic acids is 2. The Hall–Kier alpha value is -1.88. The van der Waals surface area contributed by atoms with Crippen LogP contribution in [0.25, 0.3) is 0 Å². The molecule has 0 aliphatic carbocycles. The van der Waals surface area contributed by atoms with Crippen LogP contribution in [0.2, 0.25) is 0 Å². The van der Waals surface area contributed by atoms with Gasteiger partial charge in [0.05, 0.1) is 12.1 Å². The first kappa shape index (κ1) is 21.2. The molecule has 2 atom stereocenters. The lowest BCUT2D eigenvalue weighted by molar-refractivity contribution is -0.120. The molecule has 0 bridgehead atoms. The molecular formula is C20H31NO4. The van der Waals surface area contributed by atoms with Gasteiger partial charge in [-0.25, -0.2) is 4.79 Å². The van der Waals surface area contributed by atoms with Gasteiger partial charge in [0.25, 0.3) is 0 Å². The third-order valence-electron chi connectivity index (χ3n) is 3.57. The third-order valence-corrected chi connectivity index (χ3v) is 3.57. The van der Waals surface area contributed by atoms with Crippen LogP contribution in [0, 0.1) is 5.92 Å². The van der Waals surface area contributed by atoms with Crippen LogP contribution in [0.5, 0.6) is 0 Å². The van der Waals surface area contributed by atoms with E-state index in [1.807, 2.05) is 44.2 Å². The number of aliphatic hydroxyl groups is 1. The minimum Gasteiger partial charge on any atom is -0.444 e. The van der Waals surface area contributed by atoms with Crippen molar-refractivity contribution < 1.29 is 19.4 Å². The van der Waals surface area contributed by atoms with Crippen molar-refractivity contribution in [2.75, 3.05) is 0 Å². The fourth-order valence-corrected chi connectivity index (χ4v) is 2.55. The number of alkyl carbamates (subject to hydrolysis) is 1. The van der Waals surface area contributed by atoms with Gasteiger partial charge in [-0.3, -0.25) is 4.79 Å². The van der Waals surface area contributed by atoms with Gasteiger partial charge in [-0.1, -0.05) is 44.2 Å². The van der Waals surface area contributed by atoms with Crippen molar-refractivity contribution >= 4 is 11.9 Å². The molecule has 5 heteroatoms.